The largest absolute Gasteiger partial charge is 0.244 e. The Balaban J connectivity index is 2.00. The standard InChI is InChI=1S/C16H16N4S/c1-11-4-6-14(7-5-11)21-16-15(17-8-9-18-16)20-13(3)10-12(2)19-20/h4-10H,1-3H3. The molecule has 106 valence electrons. The van der Waals surface area contributed by atoms with Crippen LogP contribution >= 0.6 is 11.8 Å². The van der Waals surface area contributed by atoms with E-state index in [0.29, 0.717) is 0 Å². The summed E-state index contributed by atoms with van der Waals surface area (Å²) in [6, 6.07) is 10.4. The molecule has 1 aromatic carbocycles. The van der Waals surface area contributed by atoms with Crippen LogP contribution in [0.5, 0.6) is 0 Å². The molecule has 2 aromatic heterocycles. The summed E-state index contributed by atoms with van der Waals surface area (Å²) in [5.41, 5.74) is 3.28. The molecule has 0 bridgehead atoms. The summed E-state index contributed by atoms with van der Waals surface area (Å²) in [6.45, 7) is 6.08. The van der Waals surface area contributed by atoms with Crippen molar-refractivity contribution in [2.75, 3.05) is 0 Å². The van der Waals surface area contributed by atoms with Crippen molar-refractivity contribution in [2.45, 2.75) is 30.7 Å². The summed E-state index contributed by atoms with van der Waals surface area (Å²) in [5, 5.41) is 5.35. The van der Waals surface area contributed by atoms with E-state index in [4.69, 9.17) is 0 Å². The van der Waals surface area contributed by atoms with Gasteiger partial charge >= 0.3 is 0 Å². The third-order valence-electron chi connectivity index (χ3n) is 3.09. The molecule has 0 radical (unpaired) electrons. The summed E-state index contributed by atoms with van der Waals surface area (Å²) >= 11 is 1.60. The molecule has 3 aromatic rings. The quantitative estimate of drug-likeness (QED) is 0.738. The fourth-order valence-corrected chi connectivity index (χ4v) is 2.94. The van der Waals surface area contributed by atoms with E-state index in [9.17, 15) is 0 Å². The minimum atomic E-state index is 0.772. The van der Waals surface area contributed by atoms with E-state index < -0.39 is 0 Å². The Morgan fingerprint density at radius 2 is 1.67 bits per heavy atom. The van der Waals surface area contributed by atoms with Gasteiger partial charge in [-0.3, -0.25) is 0 Å². The molecule has 2 heterocycles. The Morgan fingerprint density at radius 1 is 0.952 bits per heavy atom. The topological polar surface area (TPSA) is 43.6 Å². The van der Waals surface area contributed by atoms with Gasteiger partial charge in [-0.15, -0.1) is 0 Å². The second-order valence-electron chi connectivity index (χ2n) is 4.94. The molecule has 0 unspecified atom stereocenters. The predicted octanol–water partition coefficient (Wildman–Crippen LogP) is 3.74. The Morgan fingerprint density at radius 3 is 2.33 bits per heavy atom. The normalized spacial score (nSPS) is 10.8. The molecule has 0 N–H and O–H groups in total. The van der Waals surface area contributed by atoms with Gasteiger partial charge in [0.25, 0.3) is 0 Å². The zero-order valence-electron chi connectivity index (χ0n) is 12.2. The highest BCUT2D eigenvalue weighted by Crippen LogP contribution is 2.29. The average molecular weight is 296 g/mol. The summed E-state index contributed by atoms with van der Waals surface area (Å²) in [5.74, 6) is 0.772. The van der Waals surface area contributed by atoms with Crippen molar-refractivity contribution in [3.8, 4) is 5.82 Å². The number of hydrogen-bond donors (Lipinski definition) is 0. The maximum atomic E-state index is 4.50. The highest BCUT2D eigenvalue weighted by atomic mass is 32.2. The van der Waals surface area contributed by atoms with Gasteiger partial charge in [-0.05, 0) is 39.0 Å². The SMILES string of the molecule is Cc1ccc(Sc2nccnc2-n2nc(C)cc2C)cc1. The first-order valence-electron chi connectivity index (χ1n) is 6.72. The molecule has 0 saturated heterocycles. The number of benzene rings is 1. The van der Waals surface area contributed by atoms with Crippen LogP contribution in [0.1, 0.15) is 17.0 Å². The molecule has 0 saturated carbocycles. The number of aryl methyl sites for hydroxylation is 3. The van der Waals surface area contributed by atoms with Crippen molar-refractivity contribution >= 4 is 11.8 Å². The third kappa shape index (κ3) is 2.97. The predicted molar refractivity (Wildman–Crippen MR) is 83.9 cm³/mol. The maximum absolute atomic E-state index is 4.50. The summed E-state index contributed by atoms with van der Waals surface area (Å²) in [6.07, 6.45) is 3.41. The van der Waals surface area contributed by atoms with Gasteiger partial charge in [0.1, 0.15) is 5.03 Å². The number of aromatic nitrogens is 4. The van der Waals surface area contributed by atoms with Gasteiger partial charge in [-0.25, -0.2) is 14.6 Å². The van der Waals surface area contributed by atoms with Crippen molar-refractivity contribution in [1.29, 1.82) is 0 Å². The van der Waals surface area contributed by atoms with Crippen LogP contribution in [0.15, 0.2) is 52.6 Å². The van der Waals surface area contributed by atoms with Crippen molar-refractivity contribution in [3.05, 3.63) is 59.7 Å². The van der Waals surface area contributed by atoms with Gasteiger partial charge in [0.2, 0.25) is 0 Å². The van der Waals surface area contributed by atoms with E-state index in [1.54, 1.807) is 24.2 Å². The van der Waals surface area contributed by atoms with Crippen LogP contribution in [-0.2, 0) is 0 Å². The third-order valence-corrected chi connectivity index (χ3v) is 4.08. The molecular formula is C16H16N4S. The lowest BCUT2D eigenvalue weighted by molar-refractivity contribution is 0.770. The molecule has 0 spiro atoms. The number of rotatable bonds is 3. The minimum absolute atomic E-state index is 0.772. The van der Waals surface area contributed by atoms with Crippen LogP contribution in [0.2, 0.25) is 0 Å². The van der Waals surface area contributed by atoms with E-state index in [-0.39, 0.29) is 0 Å². The molecular weight excluding hydrogens is 280 g/mol. The van der Waals surface area contributed by atoms with E-state index >= 15 is 0 Å². The van der Waals surface area contributed by atoms with E-state index in [1.807, 2.05) is 24.6 Å². The molecule has 21 heavy (non-hydrogen) atoms. The Labute approximate surface area is 128 Å². The molecule has 0 aliphatic rings. The smallest absolute Gasteiger partial charge is 0.186 e. The Hall–Kier alpha value is -2.14. The first-order chi connectivity index (χ1) is 10.1. The molecule has 0 aliphatic carbocycles. The van der Waals surface area contributed by atoms with E-state index in [1.165, 1.54) is 5.56 Å². The van der Waals surface area contributed by atoms with Gasteiger partial charge in [0.15, 0.2) is 5.82 Å². The molecule has 0 atom stereocenters. The molecule has 0 aliphatic heterocycles. The summed E-state index contributed by atoms with van der Waals surface area (Å²) in [4.78, 5) is 10.1. The zero-order valence-corrected chi connectivity index (χ0v) is 13.1. The fraction of sp³-hybridized carbons (Fsp3) is 0.188. The van der Waals surface area contributed by atoms with E-state index in [2.05, 4.69) is 46.3 Å². The molecule has 3 rings (SSSR count). The average Bonchev–Trinajstić information content (AvgIpc) is 2.81. The summed E-state index contributed by atoms with van der Waals surface area (Å²) in [7, 11) is 0. The van der Waals surface area contributed by atoms with Crippen LogP contribution in [0, 0.1) is 20.8 Å². The maximum Gasteiger partial charge on any atom is 0.186 e. The van der Waals surface area contributed by atoms with Crippen molar-refractivity contribution in [3.63, 3.8) is 0 Å². The fourth-order valence-electron chi connectivity index (χ4n) is 2.10. The van der Waals surface area contributed by atoms with Gasteiger partial charge in [-0.2, -0.15) is 5.10 Å². The number of nitrogens with zero attached hydrogens (tertiary/aromatic N) is 4. The van der Waals surface area contributed by atoms with Gasteiger partial charge in [0.05, 0.1) is 5.69 Å². The van der Waals surface area contributed by atoms with Gasteiger partial charge < -0.3 is 0 Å². The van der Waals surface area contributed by atoms with Crippen molar-refractivity contribution < 1.29 is 0 Å². The highest BCUT2D eigenvalue weighted by Gasteiger charge is 2.12. The molecule has 0 amide bonds. The first kappa shape index (κ1) is 13.8. The second-order valence-corrected chi connectivity index (χ2v) is 6.00. The zero-order chi connectivity index (χ0) is 14.8. The van der Waals surface area contributed by atoms with Gasteiger partial charge in [-0.1, -0.05) is 29.5 Å². The van der Waals surface area contributed by atoms with Crippen LogP contribution in [0.4, 0.5) is 0 Å². The first-order valence-corrected chi connectivity index (χ1v) is 7.54. The minimum Gasteiger partial charge on any atom is -0.244 e. The Bertz CT molecular complexity index is 762. The second kappa shape index (κ2) is 5.69. The Kier molecular flexibility index (Phi) is 3.75. The monoisotopic (exact) mass is 296 g/mol. The van der Waals surface area contributed by atoms with Crippen LogP contribution < -0.4 is 0 Å². The lowest BCUT2D eigenvalue weighted by Crippen LogP contribution is -2.04. The van der Waals surface area contributed by atoms with Crippen LogP contribution in [0.25, 0.3) is 5.82 Å². The highest BCUT2D eigenvalue weighted by molar-refractivity contribution is 7.99. The lowest BCUT2D eigenvalue weighted by Gasteiger charge is -2.08. The molecule has 5 heteroatoms. The van der Waals surface area contributed by atoms with Crippen molar-refractivity contribution in [1.82, 2.24) is 19.7 Å². The van der Waals surface area contributed by atoms with Crippen LogP contribution in [-0.4, -0.2) is 19.7 Å². The van der Waals surface area contributed by atoms with Gasteiger partial charge in [0, 0.05) is 23.0 Å². The van der Waals surface area contributed by atoms with Crippen molar-refractivity contribution in [2.24, 2.45) is 0 Å². The van der Waals surface area contributed by atoms with E-state index in [0.717, 1.165) is 27.1 Å². The summed E-state index contributed by atoms with van der Waals surface area (Å²) < 4.78 is 1.85. The molecule has 0 fully saturated rings. The van der Waals surface area contributed by atoms with Crippen LogP contribution in [0.3, 0.4) is 0 Å². The lowest BCUT2D eigenvalue weighted by atomic mass is 10.2. The molecule has 4 nitrogen and oxygen atoms in total. The number of hydrogen-bond acceptors (Lipinski definition) is 4.